The number of hydrogen-bond acceptors (Lipinski definition) is 9. The quantitative estimate of drug-likeness (QED) is 0.364. The molecule has 2 rings (SSSR count). The van der Waals surface area contributed by atoms with Gasteiger partial charge in [-0.3, -0.25) is 9.59 Å². The topological polar surface area (TPSA) is 136 Å². The minimum atomic E-state index is -1.20. The Morgan fingerprint density at radius 3 is 2.92 bits per heavy atom. The molecule has 11 heteroatoms. The minimum Gasteiger partial charge on any atom is -0.426 e. The lowest BCUT2D eigenvalue weighted by molar-refractivity contribution is -0.119. The van der Waals surface area contributed by atoms with Crippen LogP contribution < -0.4 is 11.1 Å². The van der Waals surface area contributed by atoms with Crippen LogP contribution in [0.4, 0.5) is 5.13 Å². The number of nitrogens with one attached hydrogen (secondary N) is 1. The van der Waals surface area contributed by atoms with Gasteiger partial charge in [-0.05, 0) is 19.8 Å². The second-order valence-corrected chi connectivity index (χ2v) is 6.30. The number of ketones is 1. The van der Waals surface area contributed by atoms with Crippen LogP contribution in [0, 0.1) is 0 Å². The van der Waals surface area contributed by atoms with Gasteiger partial charge < -0.3 is 25.6 Å². The van der Waals surface area contributed by atoms with Gasteiger partial charge >= 0.3 is 7.12 Å². The standard InChI is InChI=1S/C13H19BN4O5S/c1-7(19)5-8-3-4-10(14(21)23-8)17-12(20)11(18-22-2)9-6-24-13(15)16-9/h6,8,10,21H,3-5H2,1-2H3,(H2,15,16)(H,17,20)/b18-11-/t8-,10-/m0/s1. The summed E-state index contributed by atoms with van der Waals surface area (Å²) in [5.41, 5.74) is 5.82. The highest BCUT2D eigenvalue weighted by atomic mass is 32.1. The Labute approximate surface area is 143 Å². The molecule has 9 nitrogen and oxygen atoms in total. The maximum absolute atomic E-state index is 12.4. The van der Waals surface area contributed by atoms with Gasteiger partial charge in [0.05, 0.1) is 5.94 Å². The van der Waals surface area contributed by atoms with Crippen LogP contribution in [0.1, 0.15) is 31.9 Å². The molecule has 1 fully saturated rings. The molecule has 4 N–H and O–H groups in total. The van der Waals surface area contributed by atoms with E-state index in [2.05, 4.69) is 20.3 Å². The Morgan fingerprint density at radius 1 is 1.62 bits per heavy atom. The molecule has 0 spiro atoms. The second kappa shape index (κ2) is 8.22. The monoisotopic (exact) mass is 354 g/mol. The van der Waals surface area contributed by atoms with E-state index < -0.39 is 19.0 Å². The lowest BCUT2D eigenvalue weighted by atomic mass is 9.72. The smallest absolute Gasteiger partial charge is 0.426 e. The van der Waals surface area contributed by atoms with Crippen molar-refractivity contribution in [1.29, 1.82) is 0 Å². The highest BCUT2D eigenvalue weighted by Crippen LogP contribution is 2.19. The molecular formula is C13H19BN4O5S. The number of amides is 1. The van der Waals surface area contributed by atoms with Crippen molar-refractivity contribution in [3.05, 3.63) is 11.1 Å². The number of nitrogens with two attached hydrogens (primary N) is 1. The van der Waals surface area contributed by atoms with Gasteiger partial charge in [-0.25, -0.2) is 4.98 Å². The third kappa shape index (κ3) is 4.76. The molecule has 1 amide bonds. The number of Topliss-reactive ketones (excluding diaryl/α,β-unsaturated/α-hetero) is 1. The molecule has 2 heterocycles. The van der Waals surface area contributed by atoms with Gasteiger partial charge in [-0.2, -0.15) is 0 Å². The molecule has 1 aromatic rings. The number of carbonyl (C=O) groups excluding carboxylic acids is 2. The molecule has 2 atom stereocenters. The van der Waals surface area contributed by atoms with E-state index in [1.165, 1.54) is 25.4 Å². The van der Waals surface area contributed by atoms with Crippen molar-refractivity contribution in [1.82, 2.24) is 10.3 Å². The van der Waals surface area contributed by atoms with Gasteiger partial charge in [0.15, 0.2) is 10.8 Å². The zero-order valence-electron chi connectivity index (χ0n) is 13.4. The van der Waals surface area contributed by atoms with E-state index in [0.717, 1.165) is 0 Å². The van der Waals surface area contributed by atoms with Crippen LogP contribution in [-0.2, 0) is 19.1 Å². The molecule has 24 heavy (non-hydrogen) atoms. The van der Waals surface area contributed by atoms with Crippen molar-refractivity contribution in [3.8, 4) is 0 Å². The molecule has 1 aliphatic rings. The van der Waals surface area contributed by atoms with Gasteiger partial charge in [0.1, 0.15) is 18.6 Å². The van der Waals surface area contributed by atoms with Gasteiger partial charge in [0, 0.05) is 17.9 Å². The van der Waals surface area contributed by atoms with Gasteiger partial charge in [-0.1, -0.05) is 5.16 Å². The van der Waals surface area contributed by atoms with Crippen molar-refractivity contribution in [2.75, 3.05) is 12.8 Å². The van der Waals surface area contributed by atoms with E-state index >= 15 is 0 Å². The molecule has 130 valence electrons. The predicted molar refractivity (Wildman–Crippen MR) is 89.4 cm³/mol. The summed E-state index contributed by atoms with van der Waals surface area (Å²) in [6.45, 7) is 1.47. The first kappa shape index (κ1) is 18.4. The number of thiazole rings is 1. The van der Waals surface area contributed by atoms with Gasteiger partial charge in [0.2, 0.25) is 0 Å². The van der Waals surface area contributed by atoms with E-state index in [9.17, 15) is 14.6 Å². The molecule has 0 bridgehead atoms. The predicted octanol–water partition coefficient (Wildman–Crippen LogP) is -0.262. The zero-order valence-corrected chi connectivity index (χ0v) is 14.2. The van der Waals surface area contributed by atoms with Crippen molar-refractivity contribution in [2.24, 2.45) is 5.16 Å². The number of rotatable bonds is 6. The van der Waals surface area contributed by atoms with Gasteiger partial charge in [-0.15, -0.1) is 11.3 Å². The minimum absolute atomic E-state index is 0.00896. The maximum atomic E-state index is 12.4. The van der Waals surface area contributed by atoms with Crippen LogP contribution in [0.15, 0.2) is 10.5 Å². The van der Waals surface area contributed by atoms with E-state index in [-0.39, 0.29) is 29.7 Å². The molecular weight excluding hydrogens is 335 g/mol. The fourth-order valence-electron chi connectivity index (χ4n) is 2.41. The average molecular weight is 354 g/mol. The second-order valence-electron chi connectivity index (χ2n) is 5.41. The van der Waals surface area contributed by atoms with Crippen LogP contribution in [0.2, 0.25) is 0 Å². The first-order chi connectivity index (χ1) is 11.4. The number of anilines is 1. The zero-order chi connectivity index (χ0) is 17.7. The average Bonchev–Trinajstić information content (AvgIpc) is 2.93. The SMILES string of the molecule is CO/N=C(\C(=O)N[C@H]1CC[C@@H](CC(C)=O)OB1O)c1csc(N)n1. The van der Waals surface area contributed by atoms with Crippen LogP contribution >= 0.6 is 11.3 Å². The maximum Gasteiger partial charge on any atom is 0.478 e. The first-order valence-electron chi connectivity index (χ1n) is 7.37. The van der Waals surface area contributed by atoms with Crippen LogP contribution in [-0.4, -0.2) is 53.7 Å². The molecule has 0 aromatic carbocycles. The number of aromatic nitrogens is 1. The van der Waals surface area contributed by atoms with Gasteiger partial charge in [0.25, 0.3) is 5.91 Å². The Balaban J connectivity index is 2.00. The number of hydrogen-bond donors (Lipinski definition) is 3. The largest absolute Gasteiger partial charge is 0.478 e. The van der Waals surface area contributed by atoms with E-state index in [0.29, 0.717) is 18.0 Å². The Bertz CT molecular complexity index is 638. The van der Waals surface area contributed by atoms with Crippen LogP contribution in [0.3, 0.4) is 0 Å². The molecule has 1 aliphatic heterocycles. The van der Waals surface area contributed by atoms with Crippen LogP contribution in [0.5, 0.6) is 0 Å². The third-order valence-electron chi connectivity index (χ3n) is 3.47. The molecule has 0 radical (unpaired) electrons. The fraction of sp³-hybridized carbons (Fsp3) is 0.538. The molecule has 1 aromatic heterocycles. The lowest BCUT2D eigenvalue weighted by Gasteiger charge is -2.31. The summed E-state index contributed by atoms with van der Waals surface area (Å²) < 4.78 is 5.38. The third-order valence-corrected chi connectivity index (χ3v) is 4.14. The Kier molecular flexibility index (Phi) is 6.29. The highest BCUT2D eigenvalue weighted by molar-refractivity contribution is 7.13. The molecule has 0 saturated carbocycles. The van der Waals surface area contributed by atoms with Crippen molar-refractivity contribution in [3.63, 3.8) is 0 Å². The van der Waals surface area contributed by atoms with E-state index in [1.807, 2.05) is 0 Å². The van der Waals surface area contributed by atoms with Crippen molar-refractivity contribution < 1.29 is 24.1 Å². The summed E-state index contributed by atoms with van der Waals surface area (Å²) in [5.74, 6) is -1.18. The molecule has 0 unspecified atom stereocenters. The first-order valence-corrected chi connectivity index (χ1v) is 8.25. The summed E-state index contributed by atoms with van der Waals surface area (Å²) in [7, 11) is 0.116. The van der Waals surface area contributed by atoms with E-state index in [1.54, 1.807) is 5.38 Å². The number of oxime groups is 1. The Hall–Kier alpha value is -1.98. The Morgan fingerprint density at radius 2 is 2.38 bits per heavy atom. The molecule has 1 saturated heterocycles. The molecule has 0 aliphatic carbocycles. The summed E-state index contributed by atoms with van der Waals surface area (Å²) in [6.07, 6.45) is 0.939. The summed E-state index contributed by atoms with van der Waals surface area (Å²) in [6, 6.07) is 0. The lowest BCUT2D eigenvalue weighted by Crippen LogP contribution is -2.54. The number of carbonyl (C=O) groups is 2. The number of nitrogens with zero attached hydrogens (tertiary/aromatic N) is 2. The summed E-state index contributed by atoms with van der Waals surface area (Å²) in [5, 5.41) is 18.2. The van der Waals surface area contributed by atoms with Crippen molar-refractivity contribution in [2.45, 2.75) is 38.2 Å². The number of nitrogen functional groups attached to an aromatic ring is 1. The highest BCUT2D eigenvalue weighted by Gasteiger charge is 2.37. The normalized spacial score (nSPS) is 21.5. The van der Waals surface area contributed by atoms with Crippen molar-refractivity contribution >= 4 is 41.0 Å². The summed E-state index contributed by atoms with van der Waals surface area (Å²) >= 11 is 1.17. The van der Waals surface area contributed by atoms with E-state index in [4.69, 9.17) is 10.4 Å². The summed E-state index contributed by atoms with van der Waals surface area (Å²) in [4.78, 5) is 32.2. The van der Waals surface area contributed by atoms with Crippen LogP contribution in [0.25, 0.3) is 0 Å². The fourth-order valence-corrected chi connectivity index (χ4v) is 2.96.